The van der Waals surface area contributed by atoms with Crippen LogP contribution in [0.5, 0.6) is 0 Å². The van der Waals surface area contributed by atoms with Crippen molar-refractivity contribution in [1.82, 2.24) is 10.6 Å². The number of aliphatic imine (C=N–C) groups is 1. The number of hydrogen-bond donors (Lipinski definition) is 2. The highest BCUT2D eigenvalue weighted by molar-refractivity contribution is 7.99. The molecule has 1 atom stereocenters. The maximum absolute atomic E-state index is 5.63. The molecule has 2 aliphatic heterocycles. The lowest BCUT2D eigenvalue weighted by atomic mass is 10.2. The van der Waals surface area contributed by atoms with Gasteiger partial charge in [-0.1, -0.05) is 12.1 Å². The third-order valence-corrected chi connectivity index (χ3v) is 5.46. The maximum Gasteiger partial charge on any atom is 0.191 e. The average molecular weight is 349 g/mol. The summed E-state index contributed by atoms with van der Waals surface area (Å²) in [5, 5.41) is 6.72. The second-order valence-corrected chi connectivity index (χ2v) is 7.43. The van der Waals surface area contributed by atoms with Gasteiger partial charge in [-0.15, -0.1) is 0 Å². The average Bonchev–Trinajstić information content (AvgIpc) is 3.17. The highest BCUT2D eigenvalue weighted by Gasteiger charge is 2.15. The Bertz CT molecular complexity index is 522. The molecule has 0 radical (unpaired) electrons. The van der Waals surface area contributed by atoms with Gasteiger partial charge in [-0.2, -0.15) is 11.8 Å². The molecule has 2 N–H and O–H groups in total. The fourth-order valence-electron chi connectivity index (χ4n) is 3.07. The molecule has 5 nitrogen and oxygen atoms in total. The summed E-state index contributed by atoms with van der Waals surface area (Å²) in [6.45, 7) is 4.80. The molecule has 2 heterocycles. The molecule has 2 fully saturated rings. The summed E-state index contributed by atoms with van der Waals surface area (Å²) < 4.78 is 5.63. The number of hydrogen-bond acceptors (Lipinski definition) is 4. The van der Waals surface area contributed by atoms with Crippen LogP contribution in [0.25, 0.3) is 0 Å². The van der Waals surface area contributed by atoms with Crippen LogP contribution in [0.1, 0.15) is 18.4 Å². The van der Waals surface area contributed by atoms with Crippen molar-refractivity contribution in [2.45, 2.75) is 25.5 Å². The fraction of sp³-hybridized carbons (Fsp3) is 0.611. The second kappa shape index (κ2) is 9.18. The van der Waals surface area contributed by atoms with Crippen molar-refractivity contribution < 1.29 is 4.74 Å². The Morgan fingerprint density at radius 3 is 2.71 bits per heavy atom. The quantitative estimate of drug-likeness (QED) is 0.630. The van der Waals surface area contributed by atoms with Crippen LogP contribution in [0.15, 0.2) is 29.3 Å². The maximum atomic E-state index is 5.63. The third-order valence-electron chi connectivity index (χ3n) is 4.52. The third kappa shape index (κ3) is 5.05. The molecule has 0 spiro atoms. The van der Waals surface area contributed by atoms with Crippen LogP contribution in [-0.4, -0.2) is 56.9 Å². The van der Waals surface area contributed by atoms with Crippen molar-refractivity contribution in [3.8, 4) is 0 Å². The molecule has 1 aromatic rings. The van der Waals surface area contributed by atoms with Gasteiger partial charge < -0.3 is 20.3 Å². The van der Waals surface area contributed by atoms with Gasteiger partial charge in [-0.05, 0) is 30.5 Å². The fourth-order valence-corrected chi connectivity index (χ4v) is 3.97. The number of thioether (sulfide) groups is 1. The Morgan fingerprint density at radius 2 is 2.04 bits per heavy atom. The monoisotopic (exact) mass is 348 g/mol. The van der Waals surface area contributed by atoms with Gasteiger partial charge >= 0.3 is 0 Å². The number of benzene rings is 1. The van der Waals surface area contributed by atoms with Crippen LogP contribution in [0.3, 0.4) is 0 Å². The van der Waals surface area contributed by atoms with E-state index >= 15 is 0 Å². The predicted molar refractivity (Wildman–Crippen MR) is 103 cm³/mol. The smallest absolute Gasteiger partial charge is 0.191 e. The van der Waals surface area contributed by atoms with E-state index < -0.39 is 0 Å². The Hall–Kier alpha value is -1.40. The minimum absolute atomic E-state index is 0.325. The molecule has 2 saturated heterocycles. The van der Waals surface area contributed by atoms with Crippen LogP contribution < -0.4 is 15.5 Å². The molecule has 24 heavy (non-hydrogen) atoms. The van der Waals surface area contributed by atoms with Gasteiger partial charge in [0.15, 0.2) is 5.96 Å². The zero-order valence-corrected chi connectivity index (χ0v) is 15.3. The topological polar surface area (TPSA) is 48.9 Å². The molecule has 0 aliphatic carbocycles. The van der Waals surface area contributed by atoms with Crippen LogP contribution in [0, 0.1) is 0 Å². The first-order valence-electron chi connectivity index (χ1n) is 8.83. The summed E-state index contributed by atoms with van der Waals surface area (Å²) in [6.07, 6.45) is 2.63. The summed E-state index contributed by atoms with van der Waals surface area (Å²) in [5.74, 6) is 3.30. The first kappa shape index (κ1) is 17.4. The number of nitrogens with zero attached hydrogens (tertiary/aromatic N) is 2. The number of rotatable bonds is 5. The van der Waals surface area contributed by atoms with Crippen molar-refractivity contribution in [2.75, 3.05) is 49.7 Å². The van der Waals surface area contributed by atoms with Gasteiger partial charge in [0.05, 0.1) is 6.10 Å². The lowest BCUT2D eigenvalue weighted by Crippen LogP contribution is -2.40. The minimum Gasteiger partial charge on any atom is -0.376 e. The number of ether oxygens (including phenoxy) is 1. The van der Waals surface area contributed by atoms with E-state index in [-0.39, 0.29) is 0 Å². The largest absolute Gasteiger partial charge is 0.376 e. The van der Waals surface area contributed by atoms with Crippen LogP contribution in [0.4, 0.5) is 5.69 Å². The molecule has 2 aliphatic rings. The van der Waals surface area contributed by atoms with Gasteiger partial charge in [0.2, 0.25) is 0 Å². The van der Waals surface area contributed by atoms with Crippen molar-refractivity contribution >= 4 is 23.4 Å². The number of anilines is 1. The molecular formula is C18H28N4OS. The summed E-state index contributed by atoms with van der Waals surface area (Å²) >= 11 is 2.04. The van der Waals surface area contributed by atoms with E-state index in [0.29, 0.717) is 6.10 Å². The first-order chi connectivity index (χ1) is 11.8. The van der Waals surface area contributed by atoms with E-state index in [0.717, 1.165) is 45.2 Å². The SMILES string of the molecule is CN=C(NCc1ccc(N2CCSCC2)cc1)NCC1CCCO1. The lowest BCUT2D eigenvalue weighted by Gasteiger charge is -2.28. The van der Waals surface area contributed by atoms with Gasteiger partial charge in [-0.3, -0.25) is 4.99 Å². The lowest BCUT2D eigenvalue weighted by molar-refractivity contribution is 0.114. The minimum atomic E-state index is 0.325. The molecule has 132 valence electrons. The molecule has 0 saturated carbocycles. The normalized spacial score (nSPS) is 21.8. The Balaban J connectivity index is 1.44. The zero-order chi connectivity index (χ0) is 16.6. The van der Waals surface area contributed by atoms with E-state index in [4.69, 9.17) is 4.74 Å². The zero-order valence-electron chi connectivity index (χ0n) is 14.5. The highest BCUT2D eigenvalue weighted by Crippen LogP contribution is 2.19. The van der Waals surface area contributed by atoms with Crippen LogP contribution in [-0.2, 0) is 11.3 Å². The Labute approximate surface area is 149 Å². The van der Waals surface area contributed by atoms with Gasteiger partial charge in [0, 0.05) is 57.0 Å². The molecular weight excluding hydrogens is 320 g/mol. The van der Waals surface area contributed by atoms with Gasteiger partial charge in [0.1, 0.15) is 0 Å². The van der Waals surface area contributed by atoms with Crippen LogP contribution >= 0.6 is 11.8 Å². The highest BCUT2D eigenvalue weighted by atomic mass is 32.2. The standard InChI is InChI=1S/C18H28N4OS/c1-19-18(21-14-17-3-2-10-23-17)20-13-15-4-6-16(7-5-15)22-8-11-24-12-9-22/h4-7,17H,2-3,8-14H2,1H3,(H2,19,20,21). The van der Waals surface area contributed by atoms with Crippen molar-refractivity contribution in [3.63, 3.8) is 0 Å². The van der Waals surface area contributed by atoms with Crippen molar-refractivity contribution in [3.05, 3.63) is 29.8 Å². The summed E-state index contributed by atoms with van der Waals surface area (Å²) in [6, 6.07) is 8.88. The first-order valence-corrected chi connectivity index (χ1v) is 9.98. The summed E-state index contributed by atoms with van der Waals surface area (Å²) in [7, 11) is 1.81. The molecule has 0 aromatic heterocycles. The van der Waals surface area contributed by atoms with Crippen molar-refractivity contribution in [1.29, 1.82) is 0 Å². The van der Waals surface area contributed by atoms with E-state index in [1.165, 1.54) is 29.2 Å². The molecule has 1 unspecified atom stereocenters. The molecule has 0 amide bonds. The van der Waals surface area contributed by atoms with Gasteiger partial charge in [-0.25, -0.2) is 0 Å². The number of guanidine groups is 1. The van der Waals surface area contributed by atoms with Crippen molar-refractivity contribution in [2.24, 2.45) is 4.99 Å². The van der Waals surface area contributed by atoms with E-state index in [1.54, 1.807) is 0 Å². The molecule has 1 aromatic carbocycles. The van der Waals surface area contributed by atoms with Gasteiger partial charge in [0.25, 0.3) is 0 Å². The summed E-state index contributed by atoms with van der Waals surface area (Å²) in [4.78, 5) is 6.75. The predicted octanol–water partition coefficient (Wildman–Crippen LogP) is 2.08. The molecule has 3 rings (SSSR count). The Kier molecular flexibility index (Phi) is 6.66. The number of nitrogens with one attached hydrogen (secondary N) is 2. The molecule has 0 bridgehead atoms. The van der Waals surface area contributed by atoms with E-state index in [9.17, 15) is 0 Å². The second-order valence-electron chi connectivity index (χ2n) is 6.21. The molecule has 6 heteroatoms. The van der Waals surface area contributed by atoms with E-state index in [2.05, 4.69) is 44.8 Å². The summed E-state index contributed by atoms with van der Waals surface area (Å²) in [5.41, 5.74) is 2.60. The Morgan fingerprint density at radius 1 is 1.25 bits per heavy atom. The van der Waals surface area contributed by atoms with E-state index in [1.807, 2.05) is 18.8 Å². The van der Waals surface area contributed by atoms with Crippen LogP contribution in [0.2, 0.25) is 0 Å².